The van der Waals surface area contributed by atoms with Crippen molar-refractivity contribution in [3.05, 3.63) is 29.8 Å². The highest BCUT2D eigenvalue weighted by molar-refractivity contribution is 5.94. The lowest BCUT2D eigenvalue weighted by Crippen LogP contribution is -2.57. The van der Waals surface area contributed by atoms with Gasteiger partial charge in [0.15, 0.2) is 0 Å². The van der Waals surface area contributed by atoms with Gasteiger partial charge in [-0.05, 0) is 69.2 Å². The van der Waals surface area contributed by atoms with Gasteiger partial charge in [0, 0.05) is 13.0 Å². The number of carbonyl (C=O) groups excluding carboxylic acids is 4. The molecule has 1 aliphatic heterocycles. The monoisotopic (exact) mass is 534 g/mol. The highest BCUT2D eigenvalue weighted by Crippen LogP contribution is 2.21. The molecule has 0 aromatic heterocycles. The molecule has 1 saturated heterocycles. The van der Waals surface area contributed by atoms with Crippen LogP contribution in [0.5, 0.6) is 5.75 Å². The number of nitrogens with two attached hydrogens (primary N) is 3. The molecule has 4 amide bonds. The number of hydrogen-bond donors (Lipinski definition) is 7. The van der Waals surface area contributed by atoms with Crippen molar-refractivity contribution in [1.82, 2.24) is 15.5 Å². The number of nitrogens with zero attached hydrogens (tertiary/aromatic N) is 1. The highest BCUT2D eigenvalue weighted by atomic mass is 16.4. The topological polar surface area (TPSA) is 231 Å². The number of benzene rings is 1. The second-order valence-electron chi connectivity index (χ2n) is 9.42. The Bertz CT molecular complexity index is 987. The number of hydrogen-bond acceptors (Lipinski definition) is 8. The van der Waals surface area contributed by atoms with E-state index in [1.807, 2.05) is 0 Å². The number of phenolic OH excluding ortho intramolecular Hbond substituents is 1. The van der Waals surface area contributed by atoms with Crippen molar-refractivity contribution in [2.45, 2.75) is 75.5 Å². The van der Waals surface area contributed by atoms with Gasteiger partial charge in [-0.15, -0.1) is 0 Å². The van der Waals surface area contributed by atoms with E-state index in [1.54, 1.807) is 12.1 Å². The number of primary amides is 1. The first-order valence-corrected chi connectivity index (χ1v) is 12.7. The van der Waals surface area contributed by atoms with Crippen molar-refractivity contribution < 1.29 is 34.2 Å². The normalized spacial score (nSPS) is 17.3. The van der Waals surface area contributed by atoms with E-state index in [0.29, 0.717) is 32.2 Å². The van der Waals surface area contributed by atoms with Crippen molar-refractivity contribution in [2.75, 3.05) is 13.1 Å². The lowest BCUT2D eigenvalue weighted by atomic mass is 10.0. The van der Waals surface area contributed by atoms with Crippen molar-refractivity contribution >= 4 is 29.6 Å². The van der Waals surface area contributed by atoms with E-state index in [9.17, 15) is 34.2 Å². The summed E-state index contributed by atoms with van der Waals surface area (Å²) in [5, 5.41) is 23.9. The van der Waals surface area contributed by atoms with Crippen LogP contribution in [0.4, 0.5) is 0 Å². The number of unbranched alkanes of at least 4 members (excludes halogenated alkanes) is 1. The Morgan fingerprint density at radius 1 is 1.03 bits per heavy atom. The Kier molecular flexibility index (Phi) is 12.0. The Morgan fingerprint density at radius 2 is 1.71 bits per heavy atom. The second kappa shape index (κ2) is 14.9. The minimum Gasteiger partial charge on any atom is -0.508 e. The Balaban J connectivity index is 2.09. The number of aromatic hydroxyl groups is 1. The van der Waals surface area contributed by atoms with Crippen LogP contribution in [-0.2, 0) is 30.4 Å². The molecule has 2 rings (SSSR count). The van der Waals surface area contributed by atoms with Gasteiger partial charge >= 0.3 is 5.97 Å². The molecule has 1 fully saturated rings. The molecule has 0 saturated carbocycles. The number of carboxylic acids is 1. The molecule has 0 spiro atoms. The van der Waals surface area contributed by atoms with Gasteiger partial charge in [-0.3, -0.25) is 19.2 Å². The molecule has 38 heavy (non-hydrogen) atoms. The Labute approximate surface area is 221 Å². The zero-order chi connectivity index (χ0) is 28.2. The average molecular weight is 535 g/mol. The molecule has 4 unspecified atom stereocenters. The maximum Gasteiger partial charge on any atom is 0.326 e. The average Bonchev–Trinajstić information content (AvgIpc) is 3.36. The molecule has 13 heteroatoms. The van der Waals surface area contributed by atoms with Crippen LogP contribution < -0.4 is 27.8 Å². The van der Waals surface area contributed by atoms with Gasteiger partial charge in [-0.25, -0.2) is 4.79 Å². The molecule has 0 aliphatic carbocycles. The molecule has 1 aliphatic rings. The van der Waals surface area contributed by atoms with Crippen LogP contribution in [0.2, 0.25) is 0 Å². The number of amides is 4. The molecular weight excluding hydrogens is 496 g/mol. The molecule has 1 aromatic rings. The second-order valence-corrected chi connectivity index (χ2v) is 9.42. The van der Waals surface area contributed by atoms with E-state index >= 15 is 0 Å². The quantitative estimate of drug-likeness (QED) is 0.132. The van der Waals surface area contributed by atoms with Gasteiger partial charge in [0.05, 0.1) is 6.04 Å². The summed E-state index contributed by atoms with van der Waals surface area (Å²) < 4.78 is 0. The fraction of sp³-hybridized carbons (Fsp3) is 0.560. The van der Waals surface area contributed by atoms with Crippen LogP contribution in [0, 0.1) is 0 Å². The number of aliphatic carboxylic acids is 1. The number of likely N-dealkylation sites (tertiary alicyclic amines) is 1. The van der Waals surface area contributed by atoms with E-state index < -0.39 is 53.8 Å². The van der Waals surface area contributed by atoms with Crippen molar-refractivity contribution in [3.63, 3.8) is 0 Å². The fourth-order valence-corrected chi connectivity index (χ4v) is 4.32. The number of nitrogens with one attached hydrogen (secondary N) is 2. The Hall–Kier alpha value is -3.71. The van der Waals surface area contributed by atoms with Crippen molar-refractivity contribution in [3.8, 4) is 5.75 Å². The third-order valence-electron chi connectivity index (χ3n) is 6.42. The van der Waals surface area contributed by atoms with E-state index in [1.165, 1.54) is 17.0 Å². The van der Waals surface area contributed by atoms with Gasteiger partial charge in [0.25, 0.3) is 0 Å². The zero-order valence-corrected chi connectivity index (χ0v) is 21.3. The number of carbonyl (C=O) groups is 5. The first-order chi connectivity index (χ1) is 18.0. The predicted molar refractivity (Wildman–Crippen MR) is 137 cm³/mol. The summed E-state index contributed by atoms with van der Waals surface area (Å²) in [6.07, 6.45) is 2.11. The number of carboxylic acid groups (broad SMARTS) is 1. The third kappa shape index (κ3) is 9.30. The van der Waals surface area contributed by atoms with Gasteiger partial charge in [-0.2, -0.15) is 0 Å². The molecule has 210 valence electrons. The molecule has 1 heterocycles. The van der Waals surface area contributed by atoms with E-state index in [4.69, 9.17) is 17.2 Å². The largest absolute Gasteiger partial charge is 0.508 e. The SMILES string of the molecule is NCCCCC(NC(=O)C(N)Cc1ccc(O)cc1)C(=O)N1CCCC1C(=O)NC(CCC(N)=O)C(=O)O. The van der Waals surface area contributed by atoms with Crippen LogP contribution in [-0.4, -0.2) is 82.0 Å². The van der Waals surface area contributed by atoms with E-state index in [0.717, 1.165) is 5.56 Å². The van der Waals surface area contributed by atoms with Gasteiger partial charge in [-0.1, -0.05) is 12.1 Å². The summed E-state index contributed by atoms with van der Waals surface area (Å²) >= 11 is 0. The molecule has 0 bridgehead atoms. The molecular formula is C25H38N6O7. The van der Waals surface area contributed by atoms with Gasteiger partial charge in [0.2, 0.25) is 23.6 Å². The van der Waals surface area contributed by atoms with Gasteiger partial charge < -0.3 is 42.9 Å². The third-order valence-corrected chi connectivity index (χ3v) is 6.42. The predicted octanol–water partition coefficient (Wildman–Crippen LogP) is -1.30. The summed E-state index contributed by atoms with van der Waals surface area (Å²) in [7, 11) is 0. The highest BCUT2D eigenvalue weighted by Gasteiger charge is 2.39. The molecule has 0 radical (unpaired) electrons. The molecule has 1 aromatic carbocycles. The maximum absolute atomic E-state index is 13.5. The van der Waals surface area contributed by atoms with Crippen LogP contribution in [0.15, 0.2) is 24.3 Å². The molecule has 13 nitrogen and oxygen atoms in total. The Morgan fingerprint density at radius 3 is 2.32 bits per heavy atom. The van der Waals surface area contributed by atoms with Crippen molar-refractivity contribution in [1.29, 1.82) is 0 Å². The minimum absolute atomic E-state index is 0.0871. The first kappa shape index (κ1) is 30.5. The summed E-state index contributed by atoms with van der Waals surface area (Å²) in [5.74, 6) is -3.57. The molecule has 10 N–H and O–H groups in total. The lowest BCUT2D eigenvalue weighted by Gasteiger charge is -2.30. The minimum atomic E-state index is -1.33. The van der Waals surface area contributed by atoms with Crippen LogP contribution >= 0.6 is 0 Å². The summed E-state index contributed by atoms with van der Waals surface area (Å²) in [4.78, 5) is 63.2. The fourth-order valence-electron chi connectivity index (χ4n) is 4.32. The maximum atomic E-state index is 13.5. The van der Waals surface area contributed by atoms with Crippen LogP contribution in [0.25, 0.3) is 0 Å². The van der Waals surface area contributed by atoms with Crippen LogP contribution in [0.3, 0.4) is 0 Å². The van der Waals surface area contributed by atoms with E-state index in [2.05, 4.69) is 10.6 Å². The standard InChI is InChI=1S/C25H38N6O7/c26-12-2-1-4-18(29-22(34)17(27)14-15-6-8-16(32)9-7-15)24(36)31-13-3-5-20(31)23(35)30-19(25(37)38)10-11-21(28)33/h6-9,17-20,32H,1-5,10-14,26-27H2,(H2,28,33)(H,29,34)(H,30,35)(H,37,38). The molecule has 4 atom stereocenters. The lowest BCUT2D eigenvalue weighted by molar-refractivity contribution is -0.145. The van der Waals surface area contributed by atoms with Gasteiger partial charge in [0.1, 0.15) is 23.9 Å². The summed E-state index contributed by atoms with van der Waals surface area (Å²) in [6.45, 7) is 0.671. The van der Waals surface area contributed by atoms with Crippen LogP contribution in [0.1, 0.15) is 50.5 Å². The number of phenols is 1. The first-order valence-electron chi connectivity index (χ1n) is 12.7. The summed E-state index contributed by atoms with van der Waals surface area (Å²) in [5.41, 5.74) is 17.5. The summed E-state index contributed by atoms with van der Waals surface area (Å²) in [6, 6.07) is 2.12. The van der Waals surface area contributed by atoms with Crippen molar-refractivity contribution in [2.24, 2.45) is 17.2 Å². The zero-order valence-electron chi connectivity index (χ0n) is 21.3. The smallest absolute Gasteiger partial charge is 0.326 e. The van der Waals surface area contributed by atoms with E-state index in [-0.39, 0.29) is 38.0 Å². The number of rotatable bonds is 15.